The van der Waals surface area contributed by atoms with Crippen molar-refractivity contribution < 1.29 is 9.90 Å². The fraction of sp³-hybridized carbons (Fsp3) is 0.214. The third-order valence-electron chi connectivity index (χ3n) is 2.28. The lowest BCUT2D eigenvalue weighted by molar-refractivity contribution is 0.0955. The molecule has 0 atom stereocenters. The molecule has 0 spiro atoms. The Bertz CT molecular complexity index is 590. The van der Waals surface area contributed by atoms with Crippen LogP contribution in [0.25, 0.3) is 0 Å². The van der Waals surface area contributed by atoms with Gasteiger partial charge in [-0.15, -0.1) is 22.7 Å². The van der Waals surface area contributed by atoms with Crippen LogP contribution in [0.1, 0.15) is 25.8 Å². The van der Waals surface area contributed by atoms with E-state index in [1.165, 1.54) is 11.3 Å². The minimum Gasteiger partial charge on any atom is -0.395 e. The fourth-order valence-corrected chi connectivity index (χ4v) is 2.87. The standard InChI is InChI=1S/C14H13NO2S2/c16-8-2-1-4-11-6-7-12(19-11)10-15-14(17)13-5-3-9-18-13/h3,5-7,9,16H,2,8,10H2,(H,15,17). The van der Waals surface area contributed by atoms with Crippen molar-refractivity contribution in [2.45, 2.75) is 13.0 Å². The van der Waals surface area contributed by atoms with Gasteiger partial charge in [0.05, 0.1) is 22.9 Å². The lowest BCUT2D eigenvalue weighted by atomic mass is 10.4. The quantitative estimate of drug-likeness (QED) is 0.850. The number of amides is 1. The fourth-order valence-electron chi connectivity index (χ4n) is 1.41. The molecule has 0 saturated heterocycles. The number of hydrogen-bond acceptors (Lipinski definition) is 4. The number of aliphatic hydroxyl groups is 1. The zero-order chi connectivity index (χ0) is 13.5. The van der Waals surface area contributed by atoms with Crippen LogP contribution in [0.2, 0.25) is 0 Å². The van der Waals surface area contributed by atoms with Crippen molar-refractivity contribution in [1.82, 2.24) is 5.32 Å². The third kappa shape index (κ3) is 4.21. The molecule has 2 rings (SSSR count). The first-order chi connectivity index (χ1) is 9.29. The monoisotopic (exact) mass is 291 g/mol. The van der Waals surface area contributed by atoms with Crippen LogP contribution in [0, 0.1) is 11.8 Å². The highest BCUT2D eigenvalue weighted by atomic mass is 32.1. The van der Waals surface area contributed by atoms with Crippen LogP contribution in [0.4, 0.5) is 0 Å². The smallest absolute Gasteiger partial charge is 0.261 e. The molecule has 5 heteroatoms. The summed E-state index contributed by atoms with van der Waals surface area (Å²) in [7, 11) is 0. The lowest BCUT2D eigenvalue weighted by Crippen LogP contribution is -2.21. The number of aliphatic hydroxyl groups excluding tert-OH is 1. The minimum absolute atomic E-state index is 0.0451. The molecule has 0 aliphatic heterocycles. The van der Waals surface area contributed by atoms with Crippen molar-refractivity contribution in [2.24, 2.45) is 0 Å². The highest BCUT2D eigenvalue weighted by molar-refractivity contribution is 7.12. The van der Waals surface area contributed by atoms with Crippen LogP contribution in [-0.2, 0) is 6.54 Å². The number of nitrogens with one attached hydrogen (secondary N) is 1. The van der Waals surface area contributed by atoms with Crippen molar-refractivity contribution in [3.8, 4) is 11.8 Å². The summed E-state index contributed by atoms with van der Waals surface area (Å²) in [5.74, 6) is 5.81. The first-order valence-electron chi connectivity index (χ1n) is 5.80. The molecule has 98 valence electrons. The molecule has 3 nitrogen and oxygen atoms in total. The van der Waals surface area contributed by atoms with Gasteiger partial charge in [0.25, 0.3) is 5.91 Å². The Morgan fingerprint density at radius 3 is 3.00 bits per heavy atom. The summed E-state index contributed by atoms with van der Waals surface area (Å²) >= 11 is 2.99. The lowest BCUT2D eigenvalue weighted by Gasteiger charge is -2.00. The molecule has 19 heavy (non-hydrogen) atoms. The molecule has 2 heterocycles. The van der Waals surface area contributed by atoms with Crippen molar-refractivity contribution in [2.75, 3.05) is 6.61 Å². The van der Waals surface area contributed by atoms with Crippen molar-refractivity contribution in [1.29, 1.82) is 0 Å². The number of thiophene rings is 2. The van der Waals surface area contributed by atoms with E-state index in [4.69, 9.17) is 5.11 Å². The van der Waals surface area contributed by atoms with Gasteiger partial charge in [-0.3, -0.25) is 4.79 Å². The second-order valence-corrected chi connectivity index (χ2v) is 5.82. The first kappa shape index (κ1) is 13.8. The van der Waals surface area contributed by atoms with Gasteiger partial charge >= 0.3 is 0 Å². The molecular formula is C14H13NO2S2. The van der Waals surface area contributed by atoms with E-state index in [1.807, 2.05) is 23.6 Å². The minimum atomic E-state index is -0.0451. The zero-order valence-corrected chi connectivity index (χ0v) is 11.8. The summed E-state index contributed by atoms with van der Waals surface area (Å²) in [6.07, 6.45) is 0.488. The van der Waals surface area contributed by atoms with E-state index >= 15 is 0 Å². The summed E-state index contributed by atoms with van der Waals surface area (Å²) in [5.41, 5.74) is 0. The van der Waals surface area contributed by atoms with E-state index in [-0.39, 0.29) is 12.5 Å². The number of hydrogen-bond donors (Lipinski definition) is 2. The Labute approximate surface area is 119 Å². The Morgan fingerprint density at radius 2 is 2.26 bits per heavy atom. The van der Waals surface area contributed by atoms with Gasteiger partial charge in [0.15, 0.2) is 0 Å². The largest absolute Gasteiger partial charge is 0.395 e. The van der Waals surface area contributed by atoms with Gasteiger partial charge < -0.3 is 10.4 Å². The molecule has 1 amide bonds. The number of carbonyl (C=O) groups is 1. The topological polar surface area (TPSA) is 49.3 Å². The molecule has 0 radical (unpaired) electrons. The summed E-state index contributed by atoms with van der Waals surface area (Å²) < 4.78 is 0. The predicted molar refractivity (Wildman–Crippen MR) is 78.4 cm³/mol. The zero-order valence-electron chi connectivity index (χ0n) is 10.2. The molecule has 0 aliphatic carbocycles. The average Bonchev–Trinajstić information content (AvgIpc) is 3.08. The van der Waals surface area contributed by atoms with Crippen molar-refractivity contribution in [3.05, 3.63) is 44.3 Å². The third-order valence-corrected chi connectivity index (χ3v) is 4.15. The molecule has 0 saturated carbocycles. The summed E-state index contributed by atoms with van der Waals surface area (Å²) in [5, 5.41) is 13.4. The molecule has 0 aromatic carbocycles. The molecular weight excluding hydrogens is 278 g/mol. The van der Waals surface area contributed by atoms with Crippen LogP contribution in [0.15, 0.2) is 29.6 Å². The van der Waals surface area contributed by atoms with Gasteiger partial charge in [-0.25, -0.2) is 0 Å². The van der Waals surface area contributed by atoms with Crippen LogP contribution < -0.4 is 5.32 Å². The van der Waals surface area contributed by atoms with Gasteiger partial charge in [0, 0.05) is 11.3 Å². The maximum Gasteiger partial charge on any atom is 0.261 e. The number of rotatable bonds is 4. The Morgan fingerprint density at radius 1 is 1.37 bits per heavy atom. The first-order valence-corrected chi connectivity index (χ1v) is 7.49. The SMILES string of the molecule is O=C(NCc1ccc(C#CCCO)s1)c1cccs1. The molecule has 0 bridgehead atoms. The van der Waals surface area contributed by atoms with Crippen LogP contribution in [0.3, 0.4) is 0 Å². The molecule has 0 fully saturated rings. The van der Waals surface area contributed by atoms with E-state index in [2.05, 4.69) is 17.2 Å². The van der Waals surface area contributed by atoms with Gasteiger partial charge in [0.1, 0.15) is 0 Å². The van der Waals surface area contributed by atoms with Gasteiger partial charge in [-0.1, -0.05) is 17.9 Å². The molecule has 2 aromatic heterocycles. The Hall–Kier alpha value is -1.61. The molecule has 0 aliphatic rings. The van der Waals surface area contributed by atoms with Crippen LogP contribution >= 0.6 is 22.7 Å². The molecule has 2 N–H and O–H groups in total. The van der Waals surface area contributed by atoms with Crippen molar-refractivity contribution in [3.63, 3.8) is 0 Å². The van der Waals surface area contributed by atoms with Crippen LogP contribution in [0.5, 0.6) is 0 Å². The van der Waals surface area contributed by atoms with E-state index in [0.717, 1.165) is 14.6 Å². The Kier molecular flexibility index (Phi) is 5.16. The summed E-state index contributed by atoms with van der Waals surface area (Å²) in [6, 6.07) is 7.56. The van der Waals surface area contributed by atoms with Gasteiger partial charge in [-0.05, 0) is 23.6 Å². The second kappa shape index (κ2) is 7.10. The normalized spacial score (nSPS) is 9.74. The Balaban J connectivity index is 1.87. The summed E-state index contributed by atoms with van der Waals surface area (Å²) in [4.78, 5) is 14.5. The van der Waals surface area contributed by atoms with Gasteiger partial charge in [-0.2, -0.15) is 0 Å². The number of carbonyl (C=O) groups excluding carboxylic acids is 1. The van der Waals surface area contributed by atoms with Gasteiger partial charge in [0.2, 0.25) is 0 Å². The van der Waals surface area contributed by atoms with E-state index < -0.39 is 0 Å². The van der Waals surface area contributed by atoms with E-state index in [1.54, 1.807) is 17.4 Å². The second-order valence-electron chi connectivity index (χ2n) is 3.70. The van der Waals surface area contributed by atoms with Crippen LogP contribution in [-0.4, -0.2) is 17.6 Å². The van der Waals surface area contributed by atoms with E-state index in [9.17, 15) is 4.79 Å². The highest BCUT2D eigenvalue weighted by Crippen LogP contribution is 2.15. The van der Waals surface area contributed by atoms with Crippen molar-refractivity contribution >= 4 is 28.6 Å². The highest BCUT2D eigenvalue weighted by Gasteiger charge is 2.06. The molecule has 2 aromatic rings. The van der Waals surface area contributed by atoms with E-state index in [0.29, 0.717) is 13.0 Å². The maximum absolute atomic E-state index is 11.7. The predicted octanol–water partition coefficient (Wildman–Crippen LogP) is 2.47. The molecule has 0 unspecified atom stereocenters. The average molecular weight is 291 g/mol. The summed E-state index contributed by atoms with van der Waals surface area (Å²) in [6.45, 7) is 0.602. The maximum atomic E-state index is 11.7.